The van der Waals surface area contributed by atoms with Crippen LogP contribution in [0.2, 0.25) is 0 Å². The van der Waals surface area contributed by atoms with Gasteiger partial charge in [0.15, 0.2) is 0 Å². The van der Waals surface area contributed by atoms with Gasteiger partial charge in [-0.15, -0.1) is 0 Å². The van der Waals surface area contributed by atoms with Crippen LogP contribution in [0.1, 0.15) is 88.7 Å². The molecule has 0 saturated heterocycles. The first-order chi connectivity index (χ1) is 13.0. The summed E-state index contributed by atoms with van der Waals surface area (Å²) in [6, 6.07) is 5.21. The first-order valence-electron chi connectivity index (χ1n) is 10.6. The van der Waals surface area contributed by atoms with Crippen LogP contribution in [0.25, 0.3) is 0 Å². The molecule has 27 heavy (non-hydrogen) atoms. The van der Waals surface area contributed by atoms with Crippen molar-refractivity contribution in [2.45, 2.75) is 95.8 Å². The summed E-state index contributed by atoms with van der Waals surface area (Å²) in [5, 5.41) is 8.76. The minimum atomic E-state index is -3.74. The number of aryl methyl sites for hydroxylation is 2. The standard InChI is InChI=1S/C22H38O4S/c1-3-4-5-6-7-8-9-10-11-12-14-21-19-22(16-15-20(21)2)27(24,25)26-18-13-17-23/h15-16,19,23H,3-14,17-18H2,1-2H3. The van der Waals surface area contributed by atoms with E-state index >= 15 is 0 Å². The molecule has 5 heteroatoms. The van der Waals surface area contributed by atoms with Gasteiger partial charge in [0.25, 0.3) is 10.1 Å². The van der Waals surface area contributed by atoms with Crippen LogP contribution in [-0.4, -0.2) is 26.7 Å². The average molecular weight is 399 g/mol. The SMILES string of the molecule is CCCCCCCCCCCCc1cc(S(=O)(=O)OCCCO)ccc1C. The van der Waals surface area contributed by atoms with E-state index in [-0.39, 0.29) is 18.1 Å². The zero-order valence-corrected chi connectivity index (χ0v) is 18.0. The van der Waals surface area contributed by atoms with Gasteiger partial charge in [-0.1, -0.05) is 70.8 Å². The second-order valence-electron chi connectivity index (χ2n) is 7.37. The number of unbranched alkanes of at least 4 members (excludes halogenated alkanes) is 9. The molecule has 0 atom stereocenters. The third-order valence-corrected chi connectivity index (χ3v) is 6.26. The number of hydrogen-bond donors (Lipinski definition) is 1. The Labute approximate surface area is 166 Å². The van der Waals surface area contributed by atoms with Gasteiger partial charge in [-0.2, -0.15) is 8.42 Å². The molecule has 0 aliphatic heterocycles. The molecule has 0 amide bonds. The van der Waals surface area contributed by atoms with E-state index in [4.69, 9.17) is 9.29 Å². The van der Waals surface area contributed by atoms with E-state index in [0.29, 0.717) is 6.42 Å². The predicted octanol–water partition coefficient (Wildman–Crippen LogP) is 5.55. The maximum Gasteiger partial charge on any atom is 0.296 e. The maximum absolute atomic E-state index is 12.2. The Morgan fingerprint density at radius 3 is 2.07 bits per heavy atom. The fourth-order valence-corrected chi connectivity index (χ4v) is 4.17. The Morgan fingerprint density at radius 1 is 0.889 bits per heavy atom. The van der Waals surface area contributed by atoms with Gasteiger partial charge >= 0.3 is 0 Å². The molecule has 1 aromatic rings. The van der Waals surface area contributed by atoms with E-state index in [1.165, 1.54) is 57.8 Å². The van der Waals surface area contributed by atoms with Crippen LogP contribution in [-0.2, 0) is 20.7 Å². The Morgan fingerprint density at radius 2 is 1.48 bits per heavy atom. The molecule has 1 N–H and O–H groups in total. The highest BCUT2D eigenvalue weighted by molar-refractivity contribution is 7.86. The summed E-state index contributed by atoms with van der Waals surface area (Å²) in [6.45, 7) is 4.21. The second-order valence-corrected chi connectivity index (χ2v) is 8.99. The van der Waals surface area contributed by atoms with Gasteiger partial charge in [-0.25, -0.2) is 0 Å². The van der Waals surface area contributed by atoms with Gasteiger partial charge in [0.2, 0.25) is 0 Å². The lowest BCUT2D eigenvalue weighted by Gasteiger charge is -2.10. The van der Waals surface area contributed by atoms with Crippen LogP contribution in [0.3, 0.4) is 0 Å². The molecule has 0 aliphatic rings. The molecular weight excluding hydrogens is 360 g/mol. The molecular formula is C22H38O4S. The molecule has 0 saturated carbocycles. The van der Waals surface area contributed by atoms with Crippen LogP contribution < -0.4 is 0 Å². The first-order valence-corrected chi connectivity index (χ1v) is 12.0. The summed E-state index contributed by atoms with van der Waals surface area (Å²) in [4.78, 5) is 0.216. The van der Waals surface area contributed by atoms with E-state index in [2.05, 4.69) is 6.92 Å². The molecule has 0 aliphatic carbocycles. The van der Waals surface area contributed by atoms with E-state index in [0.717, 1.165) is 24.0 Å². The number of rotatable bonds is 16. The third kappa shape index (κ3) is 10.3. The molecule has 0 spiro atoms. The summed E-state index contributed by atoms with van der Waals surface area (Å²) in [5.41, 5.74) is 2.21. The number of hydrogen-bond acceptors (Lipinski definition) is 4. The minimum absolute atomic E-state index is 0.0144. The average Bonchev–Trinajstić information content (AvgIpc) is 2.64. The Bertz CT molecular complexity index is 611. The summed E-state index contributed by atoms with van der Waals surface area (Å²) in [7, 11) is -3.74. The monoisotopic (exact) mass is 398 g/mol. The van der Waals surface area contributed by atoms with Crippen LogP contribution in [0.5, 0.6) is 0 Å². The highest BCUT2D eigenvalue weighted by Gasteiger charge is 2.16. The largest absolute Gasteiger partial charge is 0.396 e. The summed E-state index contributed by atoms with van der Waals surface area (Å²) in [6.07, 6.45) is 14.2. The van der Waals surface area contributed by atoms with E-state index in [1.807, 2.05) is 13.0 Å². The Hall–Kier alpha value is -0.910. The molecule has 0 fully saturated rings. The van der Waals surface area contributed by atoms with E-state index in [1.54, 1.807) is 12.1 Å². The van der Waals surface area contributed by atoms with Crippen molar-refractivity contribution in [3.63, 3.8) is 0 Å². The zero-order chi connectivity index (χ0) is 20.0. The molecule has 156 valence electrons. The van der Waals surface area contributed by atoms with Gasteiger partial charge in [0.1, 0.15) is 0 Å². The van der Waals surface area contributed by atoms with E-state index < -0.39 is 10.1 Å². The van der Waals surface area contributed by atoms with Crippen molar-refractivity contribution in [3.8, 4) is 0 Å². The fourth-order valence-electron chi connectivity index (χ4n) is 3.18. The van der Waals surface area contributed by atoms with Gasteiger partial charge in [-0.05, 0) is 49.4 Å². The van der Waals surface area contributed by atoms with Crippen LogP contribution >= 0.6 is 0 Å². The van der Waals surface area contributed by atoms with Gasteiger partial charge < -0.3 is 5.11 Å². The quantitative estimate of drug-likeness (QED) is 0.293. The normalized spacial score (nSPS) is 11.8. The van der Waals surface area contributed by atoms with Crippen molar-refractivity contribution in [1.82, 2.24) is 0 Å². The van der Waals surface area contributed by atoms with Crippen LogP contribution in [0.15, 0.2) is 23.1 Å². The molecule has 0 heterocycles. The van der Waals surface area contributed by atoms with Gasteiger partial charge in [0, 0.05) is 6.61 Å². The molecule has 0 unspecified atom stereocenters. The number of benzene rings is 1. The topological polar surface area (TPSA) is 63.6 Å². The van der Waals surface area contributed by atoms with Crippen molar-refractivity contribution in [2.75, 3.05) is 13.2 Å². The number of aliphatic hydroxyl groups is 1. The molecule has 1 rings (SSSR count). The van der Waals surface area contributed by atoms with Crippen molar-refractivity contribution in [3.05, 3.63) is 29.3 Å². The third-order valence-electron chi connectivity index (χ3n) is 4.95. The van der Waals surface area contributed by atoms with Crippen molar-refractivity contribution in [2.24, 2.45) is 0 Å². The zero-order valence-electron chi connectivity index (χ0n) is 17.2. The summed E-state index contributed by atoms with van der Waals surface area (Å²) >= 11 is 0. The molecule has 1 aromatic carbocycles. The minimum Gasteiger partial charge on any atom is -0.396 e. The first kappa shape index (κ1) is 24.1. The van der Waals surface area contributed by atoms with Crippen molar-refractivity contribution in [1.29, 1.82) is 0 Å². The number of aliphatic hydroxyl groups excluding tert-OH is 1. The summed E-state index contributed by atoms with van der Waals surface area (Å²) in [5.74, 6) is 0. The molecule has 0 aromatic heterocycles. The van der Waals surface area contributed by atoms with Gasteiger partial charge in [0.05, 0.1) is 11.5 Å². The molecule has 4 nitrogen and oxygen atoms in total. The van der Waals surface area contributed by atoms with Crippen molar-refractivity contribution >= 4 is 10.1 Å². The van der Waals surface area contributed by atoms with Gasteiger partial charge in [-0.3, -0.25) is 4.18 Å². The van der Waals surface area contributed by atoms with Crippen molar-refractivity contribution < 1.29 is 17.7 Å². The van der Waals surface area contributed by atoms with E-state index in [9.17, 15) is 8.42 Å². The highest BCUT2D eigenvalue weighted by Crippen LogP contribution is 2.20. The van der Waals surface area contributed by atoms with Crippen LogP contribution in [0.4, 0.5) is 0 Å². The lowest BCUT2D eigenvalue weighted by Crippen LogP contribution is -2.09. The highest BCUT2D eigenvalue weighted by atomic mass is 32.2. The Kier molecular flexibility index (Phi) is 12.6. The smallest absolute Gasteiger partial charge is 0.296 e. The van der Waals surface area contributed by atoms with Crippen LogP contribution in [0, 0.1) is 6.92 Å². The predicted molar refractivity (Wildman–Crippen MR) is 112 cm³/mol. The molecule has 0 bridgehead atoms. The fraction of sp³-hybridized carbons (Fsp3) is 0.727. The lowest BCUT2D eigenvalue weighted by molar-refractivity contribution is 0.236. The Balaban J connectivity index is 2.34. The maximum atomic E-state index is 12.2. The summed E-state index contributed by atoms with van der Waals surface area (Å²) < 4.78 is 29.4. The lowest BCUT2D eigenvalue weighted by atomic mass is 10.0. The second kappa shape index (κ2) is 14.1. The molecule has 0 radical (unpaired) electrons.